The maximum Gasteiger partial charge on any atom is 0.326 e. The van der Waals surface area contributed by atoms with Gasteiger partial charge in [-0.25, -0.2) is 9.48 Å². The second kappa shape index (κ2) is 9.08. The number of hydrogen-bond acceptors (Lipinski definition) is 4. The van der Waals surface area contributed by atoms with Crippen molar-refractivity contribution in [2.45, 2.75) is 19.0 Å². The zero-order valence-corrected chi connectivity index (χ0v) is 16.6. The Kier molecular flexibility index (Phi) is 5.89. The molecule has 0 spiro atoms. The number of carbonyl (C=O) groups is 2. The molecule has 4 aromatic rings. The Morgan fingerprint density at radius 2 is 1.90 bits per heavy atom. The van der Waals surface area contributed by atoms with E-state index in [-0.39, 0.29) is 6.42 Å². The van der Waals surface area contributed by atoms with Crippen LogP contribution in [0.1, 0.15) is 16.8 Å². The highest BCUT2D eigenvalue weighted by Gasteiger charge is 2.21. The fourth-order valence-electron chi connectivity index (χ4n) is 3.34. The minimum Gasteiger partial charge on any atom is -0.480 e. The van der Waals surface area contributed by atoms with Crippen molar-refractivity contribution in [1.82, 2.24) is 25.3 Å². The number of carboxylic acids is 1. The number of hydrogen-bond donors (Lipinski definition) is 3. The van der Waals surface area contributed by atoms with Crippen LogP contribution in [0.5, 0.6) is 0 Å². The van der Waals surface area contributed by atoms with Crippen molar-refractivity contribution < 1.29 is 14.7 Å². The van der Waals surface area contributed by atoms with E-state index in [1.165, 1.54) is 12.2 Å². The van der Waals surface area contributed by atoms with Gasteiger partial charge in [0.2, 0.25) is 5.91 Å². The molecule has 0 fully saturated rings. The van der Waals surface area contributed by atoms with Gasteiger partial charge in [-0.1, -0.05) is 53.7 Å². The highest BCUT2D eigenvalue weighted by atomic mass is 16.4. The van der Waals surface area contributed by atoms with Crippen LogP contribution in [0, 0.1) is 0 Å². The lowest BCUT2D eigenvalue weighted by Gasteiger charge is -2.12. The van der Waals surface area contributed by atoms with Crippen molar-refractivity contribution in [3.8, 4) is 0 Å². The Bertz CT molecular complexity index is 1230. The van der Waals surface area contributed by atoms with Crippen molar-refractivity contribution in [3.63, 3.8) is 0 Å². The predicted molar refractivity (Wildman–Crippen MR) is 116 cm³/mol. The predicted octanol–water partition coefficient (Wildman–Crippen LogP) is 2.63. The molecule has 0 saturated carbocycles. The summed E-state index contributed by atoms with van der Waals surface area (Å²) in [6.07, 6.45) is 6.44. The van der Waals surface area contributed by atoms with Crippen LogP contribution in [0.25, 0.3) is 17.0 Å². The molecule has 0 saturated heterocycles. The van der Waals surface area contributed by atoms with Crippen LogP contribution < -0.4 is 5.32 Å². The number of aromatic nitrogens is 4. The van der Waals surface area contributed by atoms with Gasteiger partial charge < -0.3 is 15.4 Å². The Morgan fingerprint density at radius 3 is 2.71 bits per heavy atom. The third-order valence-electron chi connectivity index (χ3n) is 4.86. The minimum absolute atomic E-state index is 0.173. The van der Waals surface area contributed by atoms with Crippen LogP contribution in [0.4, 0.5) is 0 Å². The normalized spacial score (nSPS) is 12.3. The first-order chi connectivity index (χ1) is 15.1. The molecule has 3 N–H and O–H groups in total. The third kappa shape index (κ3) is 5.05. The highest BCUT2D eigenvalue weighted by Crippen LogP contribution is 2.19. The van der Waals surface area contributed by atoms with Crippen LogP contribution in [-0.4, -0.2) is 43.0 Å². The van der Waals surface area contributed by atoms with Crippen LogP contribution in [-0.2, 0) is 22.6 Å². The molecular formula is C23H21N5O3. The molecule has 1 atom stereocenters. The molecule has 2 aromatic heterocycles. The molecule has 156 valence electrons. The van der Waals surface area contributed by atoms with Crippen molar-refractivity contribution >= 4 is 28.9 Å². The molecule has 31 heavy (non-hydrogen) atoms. The molecule has 8 nitrogen and oxygen atoms in total. The number of benzene rings is 2. The van der Waals surface area contributed by atoms with E-state index in [4.69, 9.17) is 0 Å². The number of amides is 1. The zero-order valence-electron chi connectivity index (χ0n) is 16.6. The molecule has 4 rings (SSSR count). The van der Waals surface area contributed by atoms with Crippen molar-refractivity contribution in [2.24, 2.45) is 0 Å². The Morgan fingerprint density at radius 1 is 1.13 bits per heavy atom. The lowest BCUT2D eigenvalue weighted by molar-refractivity contribution is -0.141. The Hall–Kier alpha value is -4.20. The standard InChI is InChI=1S/C23H21N5O3/c29-22(11-10-18-15-28(27-26-18)14-16-6-2-1-3-7-16)25-21(23(30)31)12-17-13-24-20-9-5-4-8-19(17)20/h1-11,13,15,21,24H,12,14H2,(H,25,29)(H,30,31). The van der Waals surface area contributed by atoms with Gasteiger partial charge in [-0.15, -0.1) is 5.10 Å². The van der Waals surface area contributed by atoms with Gasteiger partial charge in [0.1, 0.15) is 11.7 Å². The summed E-state index contributed by atoms with van der Waals surface area (Å²) in [5.74, 6) is -1.61. The van der Waals surface area contributed by atoms with Gasteiger partial charge in [-0.2, -0.15) is 0 Å². The largest absolute Gasteiger partial charge is 0.480 e. The fourth-order valence-corrected chi connectivity index (χ4v) is 3.34. The Labute approximate surface area is 178 Å². The summed E-state index contributed by atoms with van der Waals surface area (Å²) in [4.78, 5) is 27.1. The summed E-state index contributed by atoms with van der Waals surface area (Å²) in [6.45, 7) is 0.569. The molecule has 2 heterocycles. The minimum atomic E-state index is -1.10. The van der Waals surface area contributed by atoms with Gasteiger partial charge >= 0.3 is 5.97 Å². The van der Waals surface area contributed by atoms with Crippen LogP contribution in [0.15, 0.2) is 73.1 Å². The quantitative estimate of drug-likeness (QED) is 0.383. The average Bonchev–Trinajstić information content (AvgIpc) is 3.39. The van der Waals surface area contributed by atoms with Crippen molar-refractivity contribution in [3.05, 3.63) is 89.9 Å². The number of fused-ring (bicyclic) bond motifs is 1. The average molecular weight is 415 g/mol. The summed E-state index contributed by atoms with van der Waals surface area (Å²) >= 11 is 0. The summed E-state index contributed by atoms with van der Waals surface area (Å²) in [5.41, 5.74) is 3.35. The summed E-state index contributed by atoms with van der Waals surface area (Å²) < 4.78 is 1.67. The van der Waals surface area contributed by atoms with E-state index < -0.39 is 17.9 Å². The van der Waals surface area contributed by atoms with Crippen molar-refractivity contribution in [2.75, 3.05) is 0 Å². The van der Waals surface area contributed by atoms with Crippen molar-refractivity contribution in [1.29, 1.82) is 0 Å². The van der Waals surface area contributed by atoms with Gasteiger partial charge in [-0.05, 0) is 23.3 Å². The van der Waals surface area contributed by atoms with E-state index in [1.54, 1.807) is 17.1 Å². The number of H-pyrrole nitrogens is 1. The fraction of sp³-hybridized carbons (Fsp3) is 0.130. The SMILES string of the molecule is O=C(C=Cc1cn(Cc2ccccc2)nn1)NC(Cc1c[nH]c2ccccc12)C(=O)O. The van der Waals surface area contributed by atoms with E-state index in [0.29, 0.717) is 12.2 Å². The van der Waals surface area contributed by atoms with Crippen LogP contribution in [0.2, 0.25) is 0 Å². The van der Waals surface area contributed by atoms with Crippen LogP contribution in [0.3, 0.4) is 0 Å². The molecule has 0 bridgehead atoms. The molecule has 0 aliphatic carbocycles. The second-order valence-corrected chi connectivity index (χ2v) is 7.12. The van der Waals surface area contributed by atoms with E-state index in [0.717, 1.165) is 22.0 Å². The first kappa shape index (κ1) is 20.1. The Balaban J connectivity index is 1.38. The van der Waals surface area contributed by atoms with Gasteiger partial charge in [0, 0.05) is 29.6 Å². The number of carboxylic acid groups (broad SMARTS) is 1. The molecule has 2 aromatic carbocycles. The molecular weight excluding hydrogens is 394 g/mol. The number of para-hydroxylation sites is 1. The first-order valence-corrected chi connectivity index (χ1v) is 9.79. The summed E-state index contributed by atoms with van der Waals surface area (Å²) in [6, 6.07) is 16.4. The van der Waals surface area contributed by atoms with Gasteiger partial charge in [0.05, 0.1) is 12.7 Å². The second-order valence-electron chi connectivity index (χ2n) is 7.12. The molecule has 1 amide bonds. The van der Waals surface area contributed by atoms with E-state index in [9.17, 15) is 14.7 Å². The smallest absolute Gasteiger partial charge is 0.326 e. The number of rotatable bonds is 8. The van der Waals surface area contributed by atoms with Crippen LogP contribution >= 0.6 is 0 Å². The molecule has 0 radical (unpaired) electrons. The molecule has 0 aliphatic heterocycles. The van der Waals surface area contributed by atoms with Gasteiger partial charge in [0.25, 0.3) is 0 Å². The number of carbonyl (C=O) groups excluding carboxylic acids is 1. The molecule has 0 aliphatic rings. The summed E-state index contributed by atoms with van der Waals surface area (Å²) in [7, 11) is 0. The van der Waals surface area contributed by atoms with Gasteiger partial charge in [-0.3, -0.25) is 4.79 Å². The summed E-state index contributed by atoms with van der Waals surface area (Å²) in [5, 5.41) is 21.1. The number of nitrogens with zero attached hydrogens (tertiary/aromatic N) is 3. The topological polar surface area (TPSA) is 113 Å². The molecule has 8 heteroatoms. The first-order valence-electron chi connectivity index (χ1n) is 9.79. The lowest BCUT2D eigenvalue weighted by Crippen LogP contribution is -2.41. The highest BCUT2D eigenvalue weighted by molar-refractivity contribution is 5.94. The van der Waals surface area contributed by atoms with E-state index in [1.807, 2.05) is 54.6 Å². The maximum atomic E-state index is 12.3. The zero-order chi connectivity index (χ0) is 21.6. The van der Waals surface area contributed by atoms with Gasteiger partial charge in [0.15, 0.2) is 0 Å². The van der Waals surface area contributed by atoms with E-state index >= 15 is 0 Å². The monoisotopic (exact) mass is 415 g/mol. The maximum absolute atomic E-state index is 12.3. The number of nitrogens with one attached hydrogen (secondary N) is 2. The number of aliphatic carboxylic acids is 1. The third-order valence-corrected chi connectivity index (χ3v) is 4.86. The lowest BCUT2D eigenvalue weighted by atomic mass is 10.0. The number of aromatic amines is 1. The molecule has 1 unspecified atom stereocenters. The van der Waals surface area contributed by atoms with E-state index in [2.05, 4.69) is 20.6 Å².